The third-order valence-electron chi connectivity index (χ3n) is 5.78. The Hall–Kier alpha value is -2.32. The molecule has 1 heterocycles. The van der Waals surface area contributed by atoms with Gasteiger partial charge in [-0.15, -0.1) is 11.8 Å². The predicted molar refractivity (Wildman–Crippen MR) is 138 cm³/mol. The summed E-state index contributed by atoms with van der Waals surface area (Å²) in [5.74, 6) is -0.885. The van der Waals surface area contributed by atoms with Crippen molar-refractivity contribution in [3.63, 3.8) is 0 Å². The van der Waals surface area contributed by atoms with Gasteiger partial charge in [0.15, 0.2) is 11.6 Å². The molecule has 10 heteroatoms. The van der Waals surface area contributed by atoms with Crippen LogP contribution in [0.25, 0.3) is 0 Å². The Kier molecular flexibility index (Phi) is 10.4. The van der Waals surface area contributed by atoms with Crippen LogP contribution in [-0.2, 0) is 9.53 Å². The largest absolute Gasteiger partial charge is 0.485 e. The maximum atomic E-state index is 15.1. The van der Waals surface area contributed by atoms with Crippen LogP contribution < -0.4 is 9.46 Å². The first-order valence-corrected chi connectivity index (χ1v) is 13.5. The molecule has 1 N–H and O–H groups in total. The summed E-state index contributed by atoms with van der Waals surface area (Å²) in [6.07, 6.45) is 2.67. The highest BCUT2D eigenvalue weighted by molar-refractivity contribution is 7.99. The molecule has 194 valence electrons. The lowest BCUT2D eigenvalue weighted by Crippen LogP contribution is -2.46. The highest BCUT2D eigenvalue weighted by atomic mass is 32.2. The van der Waals surface area contributed by atoms with E-state index in [1.54, 1.807) is 19.1 Å². The number of hydrogen-bond acceptors (Lipinski definition) is 7. The van der Waals surface area contributed by atoms with Gasteiger partial charge in [0.1, 0.15) is 23.6 Å². The van der Waals surface area contributed by atoms with Crippen LogP contribution in [0.5, 0.6) is 5.75 Å². The fourth-order valence-corrected chi connectivity index (χ4v) is 5.33. The van der Waals surface area contributed by atoms with Crippen molar-refractivity contribution in [2.24, 2.45) is 0 Å². The van der Waals surface area contributed by atoms with Crippen LogP contribution in [0.3, 0.4) is 0 Å². The standard InChI is InChI=1S/C26H31F2N3O3S2/c1-26(11-4-5-13-33-26)25(32)30-36-22-14-18(16-29)24(23(28)15-22)34-20(10-12-31(2)3)17-35-21-8-6-19(27)7-9-21/h6-9,14-15,20H,4-5,10-13,17H2,1-3H3,(H,30,32). The third-order valence-corrected chi connectivity index (χ3v) is 7.68. The number of thioether (sulfide) groups is 1. The quantitative estimate of drug-likeness (QED) is 0.305. The average Bonchev–Trinajstić information content (AvgIpc) is 2.86. The molecule has 1 aliphatic heterocycles. The van der Waals surface area contributed by atoms with E-state index in [9.17, 15) is 14.4 Å². The van der Waals surface area contributed by atoms with Gasteiger partial charge in [-0.25, -0.2) is 8.78 Å². The predicted octanol–water partition coefficient (Wildman–Crippen LogP) is 5.41. The van der Waals surface area contributed by atoms with Crippen LogP contribution >= 0.6 is 23.7 Å². The molecule has 0 aromatic heterocycles. The van der Waals surface area contributed by atoms with Gasteiger partial charge in [0.05, 0.1) is 5.56 Å². The number of carbonyl (C=O) groups is 1. The topological polar surface area (TPSA) is 74.6 Å². The first-order chi connectivity index (χ1) is 17.2. The molecule has 2 aromatic rings. The lowest BCUT2D eigenvalue weighted by atomic mass is 9.95. The van der Waals surface area contributed by atoms with Gasteiger partial charge in [0.25, 0.3) is 5.91 Å². The minimum atomic E-state index is -0.910. The van der Waals surface area contributed by atoms with Gasteiger partial charge in [0.2, 0.25) is 0 Å². The van der Waals surface area contributed by atoms with Crippen LogP contribution in [0.2, 0.25) is 0 Å². The molecule has 6 nitrogen and oxygen atoms in total. The molecule has 2 atom stereocenters. The van der Waals surface area contributed by atoms with Crippen molar-refractivity contribution in [3.8, 4) is 11.8 Å². The molecular weight excluding hydrogens is 504 g/mol. The zero-order chi connectivity index (χ0) is 26.1. The van der Waals surface area contributed by atoms with E-state index in [0.717, 1.165) is 29.7 Å². The molecule has 0 radical (unpaired) electrons. The molecular formula is C26H31F2N3O3S2. The summed E-state index contributed by atoms with van der Waals surface area (Å²) in [6.45, 7) is 2.99. The number of rotatable bonds is 11. The number of carbonyl (C=O) groups excluding carboxylic acids is 1. The van der Waals surface area contributed by atoms with Crippen molar-refractivity contribution in [2.75, 3.05) is 33.0 Å². The van der Waals surface area contributed by atoms with Gasteiger partial charge in [-0.2, -0.15) is 5.26 Å². The van der Waals surface area contributed by atoms with Crippen LogP contribution in [0.15, 0.2) is 46.2 Å². The van der Waals surface area contributed by atoms with Gasteiger partial charge >= 0.3 is 0 Å². The molecule has 1 fully saturated rings. The number of benzene rings is 2. The third kappa shape index (κ3) is 8.10. The van der Waals surface area contributed by atoms with E-state index in [1.165, 1.54) is 36.0 Å². The summed E-state index contributed by atoms with van der Waals surface area (Å²) >= 11 is 2.42. The van der Waals surface area contributed by atoms with Crippen LogP contribution in [0.1, 0.15) is 38.2 Å². The lowest BCUT2D eigenvalue weighted by molar-refractivity contribution is -0.148. The van der Waals surface area contributed by atoms with E-state index in [4.69, 9.17) is 9.47 Å². The molecule has 1 aliphatic rings. The fourth-order valence-electron chi connectivity index (χ4n) is 3.62. The van der Waals surface area contributed by atoms with E-state index in [1.807, 2.05) is 25.1 Å². The second kappa shape index (κ2) is 13.3. The summed E-state index contributed by atoms with van der Waals surface area (Å²) < 4.78 is 42.7. The lowest BCUT2D eigenvalue weighted by Gasteiger charge is -2.32. The van der Waals surface area contributed by atoms with Gasteiger partial charge in [0, 0.05) is 28.7 Å². The maximum Gasteiger partial charge on any atom is 0.262 e. The van der Waals surface area contributed by atoms with Crippen molar-refractivity contribution in [2.45, 2.75) is 54.1 Å². The normalized spacial score (nSPS) is 18.5. The molecule has 1 amide bonds. The zero-order valence-corrected chi connectivity index (χ0v) is 22.3. The second-order valence-corrected chi connectivity index (χ2v) is 11.0. The Morgan fingerprint density at radius 3 is 2.64 bits per heavy atom. The molecule has 0 spiro atoms. The summed E-state index contributed by atoms with van der Waals surface area (Å²) in [5.41, 5.74) is -0.860. The fraction of sp³-hybridized carbons (Fsp3) is 0.462. The Morgan fingerprint density at radius 2 is 2.00 bits per heavy atom. The molecule has 2 aromatic carbocycles. The Labute approximate surface area is 219 Å². The molecule has 36 heavy (non-hydrogen) atoms. The minimum Gasteiger partial charge on any atom is -0.485 e. The first-order valence-electron chi connectivity index (χ1n) is 11.7. The average molecular weight is 536 g/mol. The highest BCUT2D eigenvalue weighted by Crippen LogP contribution is 2.32. The number of hydrogen-bond donors (Lipinski definition) is 1. The van der Waals surface area contributed by atoms with Gasteiger partial charge in [-0.1, -0.05) is 0 Å². The molecule has 0 saturated carbocycles. The summed E-state index contributed by atoms with van der Waals surface area (Å²) in [7, 11) is 3.87. The number of nitriles is 1. The van der Waals surface area contributed by atoms with Crippen molar-refractivity contribution in [1.29, 1.82) is 5.26 Å². The SMILES string of the molecule is CN(C)CCC(CSc1ccc(F)cc1)Oc1c(F)cc(SNC(=O)C2(C)CCCCO2)cc1C#N. The smallest absolute Gasteiger partial charge is 0.262 e. The zero-order valence-electron chi connectivity index (χ0n) is 20.7. The van der Waals surface area contributed by atoms with E-state index in [2.05, 4.69) is 4.72 Å². The molecule has 1 saturated heterocycles. The van der Waals surface area contributed by atoms with Crippen molar-refractivity contribution >= 4 is 29.6 Å². The van der Waals surface area contributed by atoms with E-state index < -0.39 is 11.4 Å². The number of halogens is 2. The van der Waals surface area contributed by atoms with Gasteiger partial charge in [-0.05, 0) is 95.0 Å². The summed E-state index contributed by atoms with van der Waals surface area (Å²) in [5, 5.41) is 9.69. The maximum absolute atomic E-state index is 15.1. The Morgan fingerprint density at radius 1 is 1.25 bits per heavy atom. The van der Waals surface area contributed by atoms with Crippen molar-refractivity contribution < 1.29 is 23.0 Å². The first kappa shape index (κ1) is 28.3. The monoisotopic (exact) mass is 535 g/mol. The number of ether oxygens (including phenoxy) is 2. The van der Waals surface area contributed by atoms with E-state index in [0.29, 0.717) is 36.6 Å². The van der Waals surface area contributed by atoms with Crippen molar-refractivity contribution in [3.05, 3.63) is 53.6 Å². The minimum absolute atomic E-state index is 0.0495. The second-order valence-electron chi connectivity index (χ2n) is 9.06. The Bertz CT molecular complexity index is 1070. The summed E-state index contributed by atoms with van der Waals surface area (Å²) in [6, 6.07) is 10.9. The van der Waals surface area contributed by atoms with Gasteiger partial charge < -0.3 is 14.4 Å². The van der Waals surface area contributed by atoms with Crippen LogP contribution in [0, 0.1) is 23.0 Å². The highest BCUT2D eigenvalue weighted by Gasteiger charge is 2.36. The molecule has 0 aliphatic carbocycles. The molecule has 0 bridgehead atoms. The summed E-state index contributed by atoms with van der Waals surface area (Å²) in [4.78, 5) is 15.9. The van der Waals surface area contributed by atoms with Crippen LogP contribution in [0.4, 0.5) is 8.78 Å². The van der Waals surface area contributed by atoms with Crippen molar-refractivity contribution in [1.82, 2.24) is 9.62 Å². The van der Waals surface area contributed by atoms with E-state index >= 15 is 4.39 Å². The van der Waals surface area contributed by atoms with E-state index in [-0.39, 0.29) is 29.1 Å². The number of nitrogens with one attached hydrogen (secondary N) is 1. The van der Waals surface area contributed by atoms with Crippen LogP contribution in [-0.4, -0.2) is 55.5 Å². The number of nitrogens with zero attached hydrogens (tertiary/aromatic N) is 2. The Balaban J connectivity index is 1.69. The van der Waals surface area contributed by atoms with Gasteiger partial charge in [-0.3, -0.25) is 9.52 Å². The molecule has 2 unspecified atom stereocenters. The molecule has 3 rings (SSSR count). The number of amides is 1.